The molecule has 10 heteroatoms. The summed E-state index contributed by atoms with van der Waals surface area (Å²) in [5.41, 5.74) is 3.22. The molecular formula is C40H60O9Si. The maximum atomic E-state index is 11.9. The topological polar surface area (TPSA) is 94.1 Å². The Bertz CT molecular complexity index is 1320. The van der Waals surface area contributed by atoms with Crippen LogP contribution in [0, 0.1) is 0 Å². The zero-order valence-corrected chi connectivity index (χ0v) is 32.2. The number of aliphatic hydroxyl groups excluding tert-OH is 1. The van der Waals surface area contributed by atoms with Crippen LogP contribution in [0.1, 0.15) is 92.1 Å². The predicted molar refractivity (Wildman–Crippen MR) is 193 cm³/mol. The molecule has 2 aromatic rings. The van der Waals surface area contributed by atoms with Crippen molar-refractivity contribution >= 4 is 8.32 Å². The first-order chi connectivity index (χ1) is 23.9. The molecule has 6 rings (SSSR count). The standard InChI is InChI=1S/C40H60O9Si/c1-25(2)50(26(3)4,27(5)6)44-24-36-30(41)19-33-34(49-40(7,8)48-33)20-31-32(45-36)21-35(42-22-28-15-11-9-12-16-28)38-37(46-31)23-43-39(47-38)29-17-13-10-14-18-29/h9-18,25-27,30-39,41H,19-24H2,1-8H3/t30-,31+,32-,33+,34-,35-,36+,37-,38+,39-/m1/s1. The highest BCUT2D eigenvalue weighted by atomic mass is 28.4. The van der Waals surface area contributed by atoms with Crippen LogP contribution in [0.25, 0.3) is 0 Å². The van der Waals surface area contributed by atoms with Crippen molar-refractivity contribution in [3.05, 3.63) is 71.8 Å². The third-order valence-electron chi connectivity index (χ3n) is 11.2. The van der Waals surface area contributed by atoms with E-state index in [2.05, 4.69) is 53.7 Å². The van der Waals surface area contributed by atoms with Gasteiger partial charge in [-0.15, -0.1) is 0 Å². The first-order valence-electron chi connectivity index (χ1n) is 18.8. The lowest BCUT2D eigenvalue weighted by Gasteiger charge is -2.43. The van der Waals surface area contributed by atoms with Gasteiger partial charge in [-0.05, 0) is 36.0 Å². The van der Waals surface area contributed by atoms with Crippen LogP contribution in [0.15, 0.2) is 60.7 Å². The van der Waals surface area contributed by atoms with Gasteiger partial charge in [0, 0.05) is 24.8 Å². The highest BCUT2D eigenvalue weighted by molar-refractivity contribution is 6.77. The van der Waals surface area contributed by atoms with Gasteiger partial charge in [-0.25, -0.2) is 0 Å². The first-order valence-corrected chi connectivity index (χ1v) is 21.0. The van der Waals surface area contributed by atoms with Crippen LogP contribution in [-0.2, 0) is 44.2 Å². The average molecular weight is 713 g/mol. The molecule has 0 radical (unpaired) electrons. The summed E-state index contributed by atoms with van der Waals surface area (Å²) in [7, 11) is -2.25. The van der Waals surface area contributed by atoms with Crippen LogP contribution in [0.4, 0.5) is 0 Å². The Morgan fingerprint density at radius 1 is 0.740 bits per heavy atom. The maximum Gasteiger partial charge on any atom is 0.200 e. The largest absolute Gasteiger partial charge is 0.413 e. The molecule has 2 aromatic carbocycles. The van der Waals surface area contributed by atoms with Gasteiger partial charge in [-0.3, -0.25) is 0 Å². The number of fused-ring (bicyclic) bond motifs is 3. The highest BCUT2D eigenvalue weighted by Crippen LogP contribution is 2.44. The molecule has 1 N–H and O–H groups in total. The molecule has 0 saturated carbocycles. The van der Waals surface area contributed by atoms with E-state index < -0.39 is 50.9 Å². The van der Waals surface area contributed by atoms with Crippen molar-refractivity contribution in [3.8, 4) is 0 Å². The first kappa shape index (κ1) is 38.0. The predicted octanol–water partition coefficient (Wildman–Crippen LogP) is 7.46. The van der Waals surface area contributed by atoms with Crippen LogP contribution < -0.4 is 0 Å². The van der Waals surface area contributed by atoms with Crippen molar-refractivity contribution in [2.75, 3.05) is 13.2 Å². The van der Waals surface area contributed by atoms with Crippen LogP contribution in [0.5, 0.6) is 0 Å². The van der Waals surface area contributed by atoms with Crippen LogP contribution in [0.2, 0.25) is 16.6 Å². The summed E-state index contributed by atoms with van der Waals surface area (Å²) in [6.45, 7) is 18.6. The van der Waals surface area contributed by atoms with Gasteiger partial charge >= 0.3 is 0 Å². The molecule has 0 amide bonds. The smallest absolute Gasteiger partial charge is 0.200 e. The third kappa shape index (κ3) is 8.41. The van der Waals surface area contributed by atoms with E-state index in [9.17, 15) is 5.11 Å². The van der Waals surface area contributed by atoms with E-state index in [1.54, 1.807) is 0 Å². The molecular weight excluding hydrogens is 653 g/mol. The molecule has 50 heavy (non-hydrogen) atoms. The molecule has 0 unspecified atom stereocenters. The molecule has 4 saturated heterocycles. The van der Waals surface area contributed by atoms with E-state index in [0.29, 0.717) is 55.7 Å². The van der Waals surface area contributed by atoms with Gasteiger partial charge in [0.1, 0.15) is 18.3 Å². The normalized spacial score (nSPS) is 34.7. The Morgan fingerprint density at radius 3 is 1.98 bits per heavy atom. The molecule has 0 aliphatic carbocycles. The molecule has 0 bridgehead atoms. The highest BCUT2D eigenvalue weighted by Gasteiger charge is 2.52. The maximum absolute atomic E-state index is 11.9. The Balaban J connectivity index is 1.32. The van der Waals surface area contributed by atoms with Gasteiger partial charge in [0.15, 0.2) is 20.4 Å². The van der Waals surface area contributed by atoms with Crippen LogP contribution in [-0.4, -0.2) is 87.4 Å². The van der Waals surface area contributed by atoms with Gasteiger partial charge in [-0.1, -0.05) is 102 Å². The number of hydrogen-bond donors (Lipinski definition) is 1. The van der Waals surface area contributed by atoms with E-state index in [4.69, 9.17) is 37.6 Å². The number of ether oxygens (including phenoxy) is 7. The lowest BCUT2D eigenvalue weighted by molar-refractivity contribution is -0.289. The van der Waals surface area contributed by atoms with E-state index >= 15 is 0 Å². The minimum atomic E-state index is -2.25. The summed E-state index contributed by atoms with van der Waals surface area (Å²) < 4.78 is 53.8. The minimum absolute atomic E-state index is 0.284. The molecule has 0 aromatic heterocycles. The Kier molecular flexibility index (Phi) is 12.3. The third-order valence-corrected chi connectivity index (χ3v) is 17.3. The Morgan fingerprint density at radius 2 is 1.34 bits per heavy atom. The Hall–Kier alpha value is -1.70. The van der Waals surface area contributed by atoms with E-state index in [1.165, 1.54) is 0 Å². The van der Waals surface area contributed by atoms with Crippen LogP contribution in [0.3, 0.4) is 0 Å². The summed E-state index contributed by atoms with van der Waals surface area (Å²) in [4.78, 5) is 0. The van der Waals surface area contributed by atoms with Gasteiger partial charge in [0.25, 0.3) is 0 Å². The second-order valence-corrected chi connectivity index (χ2v) is 21.5. The van der Waals surface area contributed by atoms with Crippen molar-refractivity contribution in [2.45, 2.75) is 165 Å². The summed E-state index contributed by atoms with van der Waals surface area (Å²) in [6, 6.07) is 20.2. The molecule has 9 nitrogen and oxygen atoms in total. The molecule has 4 aliphatic heterocycles. The molecule has 4 heterocycles. The summed E-state index contributed by atoms with van der Waals surface area (Å²) in [5, 5.41) is 11.9. The van der Waals surface area contributed by atoms with E-state index in [1.807, 2.05) is 62.4 Å². The van der Waals surface area contributed by atoms with Crippen molar-refractivity contribution in [1.29, 1.82) is 0 Å². The van der Waals surface area contributed by atoms with Crippen molar-refractivity contribution in [2.24, 2.45) is 0 Å². The van der Waals surface area contributed by atoms with Crippen molar-refractivity contribution in [3.63, 3.8) is 0 Å². The average Bonchev–Trinajstić information content (AvgIpc) is 3.30. The lowest BCUT2D eigenvalue weighted by Crippen LogP contribution is -2.51. The fourth-order valence-electron chi connectivity index (χ4n) is 9.01. The molecule has 278 valence electrons. The van der Waals surface area contributed by atoms with E-state index in [-0.39, 0.29) is 24.4 Å². The SMILES string of the molecule is CC(C)[Si](OC[C@@H]1O[C@@H]2C[C@@H](OCc3ccccc3)[C@@H]3O[C@H](c4ccccc4)OC[C@H]3O[C@H]2C[C@H]2OC(C)(C)O[C@H]2C[C@H]1O)(C(C)C)C(C)C. The Labute approximate surface area is 300 Å². The van der Waals surface area contributed by atoms with Gasteiger partial charge in [0.2, 0.25) is 0 Å². The quantitative estimate of drug-likeness (QED) is 0.252. The summed E-state index contributed by atoms with van der Waals surface area (Å²) in [6.07, 6.45) is -3.12. The fourth-order valence-corrected chi connectivity index (χ4v) is 14.5. The monoisotopic (exact) mass is 712 g/mol. The lowest BCUT2D eigenvalue weighted by atomic mass is 9.97. The van der Waals surface area contributed by atoms with Gasteiger partial charge in [-0.2, -0.15) is 0 Å². The number of benzene rings is 2. The van der Waals surface area contributed by atoms with Gasteiger partial charge < -0.3 is 42.7 Å². The molecule has 4 aliphatic rings. The summed E-state index contributed by atoms with van der Waals surface area (Å²) >= 11 is 0. The molecule has 4 fully saturated rings. The van der Waals surface area contributed by atoms with Gasteiger partial charge in [0.05, 0.1) is 56.4 Å². The minimum Gasteiger partial charge on any atom is -0.413 e. The second kappa shape index (κ2) is 16.1. The zero-order valence-electron chi connectivity index (χ0n) is 31.2. The molecule has 0 spiro atoms. The fraction of sp³-hybridized carbons (Fsp3) is 0.700. The second-order valence-electron chi connectivity index (χ2n) is 16.1. The van der Waals surface area contributed by atoms with E-state index in [0.717, 1.165) is 11.1 Å². The molecule has 10 atom stereocenters. The van der Waals surface area contributed by atoms with Crippen LogP contribution >= 0.6 is 0 Å². The number of aliphatic hydroxyl groups is 1. The summed E-state index contributed by atoms with van der Waals surface area (Å²) in [5.74, 6) is -0.778. The van der Waals surface area contributed by atoms with Crippen molar-refractivity contribution < 1.29 is 42.7 Å². The zero-order chi connectivity index (χ0) is 35.6. The number of rotatable bonds is 10. The van der Waals surface area contributed by atoms with Crippen molar-refractivity contribution in [1.82, 2.24) is 0 Å². The number of hydrogen-bond acceptors (Lipinski definition) is 9.